The van der Waals surface area contributed by atoms with Gasteiger partial charge in [0.2, 0.25) is 0 Å². The molecule has 0 radical (unpaired) electrons. The number of fused-ring (bicyclic) bond motifs is 3. The van der Waals surface area contributed by atoms with E-state index in [0.29, 0.717) is 8.96 Å². The Morgan fingerprint density at radius 1 is 0.667 bits per heavy atom. The summed E-state index contributed by atoms with van der Waals surface area (Å²) in [6.07, 6.45) is 0.563. The molecular weight excluding hydrogens is 528 g/mol. The zero-order valence-electron chi connectivity index (χ0n) is 17.0. The Bertz CT molecular complexity index is 783. The molecule has 0 N–H and O–H groups in total. The van der Waals surface area contributed by atoms with Crippen LogP contribution in [0.5, 0.6) is 0 Å². The minimum absolute atomic E-state index is 0.125. The lowest BCUT2D eigenvalue weighted by Crippen LogP contribution is -2.40. The maximum Gasteiger partial charge on any atom is 0.323 e. The molecule has 0 saturated heterocycles. The average Bonchev–Trinajstić information content (AvgIpc) is 3.36. The smallest absolute Gasteiger partial charge is 0.323 e. The van der Waals surface area contributed by atoms with Crippen molar-refractivity contribution >= 4 is 55.7 Å². The molecule has 3 rings (SSSR count). The van der Waals surface area contributed by atoms with Crippen molar-refractivity contribution in [2.45, 2.75) is 25.7 Å². The maximum absolute atomic E-state index is 12.7. The van der Waals surface area contributed by atoms with E-state index in [2.05, 4.69) is 31.9 Å². The number of rotatable bonds is 4. The summed E-state index contributed by atoms with van der Waals surface area (Å²) in [7, 11) is 4.92. The van der Waals surface area contributed by atoms with Crippen molar-refractivity contribution in [2.75, 3.05) is 28.4 Å². The van der Waals surface area contributed by atoms with E-state index in [-0.39, 0.29) is 37.5 Å². The number of ether oxygens (including phenoxy) is 4. The third kappa shape index (κ3) is 3.05. The van der Waals surface area contributed by atoms with Gasteiger partial charge < -0.3 is 18.9 Å². The van der Waals surface area contributed by atoms with E-state index in [1.54, 1.807) is 0 Å². The molecule has 0 amide bonds. The van der Waals surface area contributed by atoms with Gasteiger partial charge in [0.05, 0.1) is 28.4 Å². The Hall–Kier alpha value is -1.68. The van der Waals surface area contributed by atoms with Crippen LogP contribution in [0.1, 0.15) is 25.7 Å². The molecule has 8 nitrogen and oxygen atoms in total. The number of allylic oxidation sites excluding steroid dienone is 4. The van der Waals surface area contributed by atoms with Crippen molar-refractivity contribution in [1.82, 2.24) is 0 Å². The van der Waals surface area contributed by atoms with Gasteiger partial charge in [0.1, 0.15) is 0 Å². The summed E-state index contributed by atoms with van der Waals surface area (Å²) in [6.45, 7) is 0. The van der Waals surface area contributed by atoms with E-state index in [0.717, 1.165) is 11.1 Å². The van der Waals surface area contributed by atoms with E-state index in [9.17, 15) is 19.2 Å². The molecule has 10 heteroatoms. The van der Waals surface area contributed by atoms with Gasteiger partial charge in [-0.2, -0.15) is 0 Å². The summed E-state index contributed by atoms with van der Waals surface area (Å²) < 4.78 is 21.2. The standard InChI is InChI=1S/C20H22Br2O8/c1-27-15(23)19(16(24)28-2)5-9-10-6-20(17(25)29-3,18(26)30-4)8-12(10)14(22)13(21)11(9)7-19/h9-10H,5-8H2,1-4H3/t9-,10-/m1/s1. The van der Waals surface area contributed by atoms with Crippen LogP contribution >= 0.6 is 31.9 Å². The maximum atomic E-state index is 12.7. The van der Waals surface area contributed by atoms with Gasteiger partial charge in [-0.15, -0.1) is 0 Å². The first-order valence-electron chi connectivity index (χ1n) is 9.24. The highest BCUT2D eigenvalue weighted by Gasteiger charge is 2.64. The number of hydrogen-bond acceptors (Lipinski definition) is 8. The van der Waals surface area contributed by atoms with Gasteiger partial charge in [-0.1, -0.05) is 0 Å². The number of esters is 4. The minimum Gasteiger partial charge on any atom is -0.468 e. The molecule has 3 aliphatic rings. The van der Waals surface area contributed by atoms with Crippen LogP contribution in [0.4, 0.5) is 0 Å². The van der Waals surface area contributed by atoms with Gasteiger partial charge in [0, 0.05) is 8.96 Å². The van der Waals surface area contributed by atoms with Crippen LogP contribution in [0, 0.1) is 22.7 Å². The van der Waals surface area contributed by atoms with Crippen LogP contribution in [0.2, 0.25) is 0 Å². The van der Waals surface area contributed by atoms with Crippen LogP contribution in [0.3, 0.4) is 0 Å². The normalized spacial score (nSPS) is 25.9. The summed E-state index contributed by atoms with van der Waals surface area (Å²) in [5, 5.41) is 0. The van der Waals surface area contributed by atoms with Gasteiger partial charge in [-0.05, 0) is 80.5 Å². The van der Waals surface area contributed by atoms with Crippen molar-refractivity contribution in [2.24, 2.45) is 22.7 Å². The lowest BCUT2D eigenvalue weighted by atomic mass is 9.77. The summed E-state index contributed by atoms with van der Waals surface area (Å²) in [6, 6.07) is 0. The summed E-state index contributed by atoms with van der Waals surface area (Å²) >= 11 is 7.15. The van der Waals surface area contributed by atoms with E-state index in [1.807, 2.05) is 0 Å². The lowest BCUT2D eigenvalue weighted by molar-refractivity contribution is -0.171. The van der Waals surface area contributed by atoms with Gasteiger partial charge in [-0.3, -0.25) is 19.2 Å². The zero-order valence-corrected chi connectivity index (χ0v) is 20.2. The summed E-state index contributed by atoms with van der Waals surface area (Å²) in [4.78, 5) is 50.6. The first-order chi connectivity index (χ1) is 14.1. The van der Waals surface area contributed by atoms with Crippen LogP contribution < -0.4 is 0 Å². The number of methoxy groups -OCH3 is 4. The Balaban J connectivity index is 2.10. The topological polar surface area (TPSA) is 105 Å². The zero-order chi connectivity index (χ0) is 22.4. The third-order valence-electron chi connectivity index (χ3n) is 6.56. The first kappa shape index (κ1) is 23.0. The second kappa shape index (κ2) is 8.11. The lowest BCUT2D eigenvalue weighted by Gasteiger charge is -2.29. The molecular formula is C20H22Br2O8. The van der Waals surface area contributed by atoms with E-state index in [4.69, 9.17) is 18.9 Å². The highest BCUT2D eigenvalue weighted by Crippen LogP contribution is 2.63. The minimum atomic E-state index is -1.48. The molecule has 0 aromatic heterocycles. The molecule has 3 aliphatic carbocycles. The van der Waals surface area contributed by atoms with Crippen molar-refractivity contribution in [3.63, 3.8) is 0 Å². The highest BCUT2D eigenvalue weighted by atomic mass is 79.9. The Labute approximate surface area is 190 Å². The molecule has 0 unspecified atom stereocenters. The molecule has 2 saturated carbocycles. The van der Waals surface area contributed by atoms with E-state index >= 15 is 0 Å². The fourth-order valence-corrected chi connectivity index (χ4v) is 6.53. The highest BCUT2D eigenvalue weighted by molar-refractivity contribution is 9.15. The fraction of sp³-hybridized carbons (Fsp3) is 0.600. The molecule has 0 bridgehead atoms. The van der Waals surface area contributed by atoms with Crippen molar-refractivity contribution in [3.05, 3.63) is 20.1 Å². The average molecular weight is 550 g/mol. The number of carbonyl (C=O) groups is 4. The predicted octanol–water partition coefficient (Wildman–Crippen LogP) is 2.78. The number of hydrogen-bond donors (Lipinski definition) is 0. The predicted molar refractivity (Wildman–Crippen MR) is 110 cm³/mol. The quantitative estimate of drug-likeness (QED) is 0.299. The van der Waals surface area contributed by atoms with E-state index in [1.165, 1.54) is 28.4 Å². The number of carbonyl (C=O) groups excluding carboxylic acids is 4. The number of halogens is 2. The molecule has 0 aliphatic heterocycles. The Morgan fingerprint density at radius 3 is 1.17 bits per heavy atom. The molecule has 2 fully saturated rings. The molecule has 2 atom stereocenters. The van der Waals surface area contributed by atoms with Crippen molar-refractivity contribution in [1.29, 1.82) is 0 Å². The molecule has 0 aromatic rings. The van der Waals surface area contributed by atoms with Crippen LogP contribution in [0.15, 0.2) is 20.1 Å². The molecule has 0 aromatic carbocycles. The third-order valence-corrected chi connectivity index (χ3v) is 8.91. The van der Waals surface area contributed by atoms with Gasteiger partial charge in [-0.25, -0.2) is 0 Å². The van der Waals surface area contributed by atoms with Crippen LogP contribution in [-0.4, -0.2) is 52.3 Å². The SMILES string of the molecule is COC(=O)C1(C(=O)OC)CC2=C(Br)C(Br)=C3CC(C(=O)OC)(C(=O)OC)C[C@@H]3[C@H]2C1. The fourth-order valence-electron chi connectivity index (χ4n) is 5.16. The van der Waals surface area contributed by atoms with Crippen molar-refractivity contribution in [3.8, 4) is 0 Å². The monoisotopic (exact) mass is 548 g/mol. The second-order valence-corrected chi connectivity index (χ2v) is 9.37. The van der Waals surface area contributed by atoms with Crippen molar-refractivity contribution < 1.29 is 38.1 Å². The van der Waals surface area contributed by atoms with Gasteiger partial charge in [0.25, 0.3) is 0 Å². The van der Waals surface area contributed by atoms with Gasteiger partial charge in [0.15, 0.2) is 10.8 Å². The molecule has 30 heavy (non-hydrogen) atoms. The second-order valence-electron chi connectivity index (χ2n) is 7.78. The largest absolute Gasteiger partial charge is 0.468 e. The molecule has 0 spiro atoms. The Morgan fingerprint density at radius 2 is 0.933 bits per heavy atom. The first-order valence-corrected chi connectivity index (χ1v) is 10.8. The van der Waals surface area contributed by atoms with E-state index < -0.39 is 34.7 Å². The van der Waals surface area contributed by atoms with Gasteiger partial charge >= 0.3 is 23.9 Å². The summed E-state index contributed by atoms with van der Waals surface area (Å²) in [5.74, 6) is -3.19. The Kier molecular flexibility index (Phi) is 6.21. The van der Waals surface area contributed by atoms with Crippen LogP contribution in [0.25, 0.3) is 0 Å². The molecule has 0 heterocycles. The van der Waals surface area contributed by atoms with Crippen LogP contribution in [-0.2, 0) is 38.1 Å². The molecule has 164 valence electrons. The summed E-state index contributed by atoms with van der Waals surface area (Å²) in [5.41, 5.74) is -1.27.